The molecule has 6 nitrogen and oxygen atoms in total. The van der Waals surface area contributed by atoms with E-state index in [0.717, 1.165) is 29.5 Å². The third-order valence-corrected chi connectivity index (χ3v) is 6.83. The molecule has 0 radical (unpaired) electrons. The Kier molecular flexibility index (Phi) is 7.20. The number of nitrogens with one attached hydrogen (secondary N) is 2. The molecule has 0 aliphatic rings. The SMILES string of the molecule is CCCCn1c(SCC(=O)Nc2cccc(Cl)c2C)nc2c(-c3ccccc3)c[nH]c2c1=O. The number of carbonyl (C=O) groups is 1. The molecule has 2 N–H and O–H groups in total. The molecule has 8 heteroatoms. The van der Waals surface area contributed by atoms with Crippen molar-refractivity contribution in [1.82, 2.24) is 14.5 Å². The van der Waals surface area contributed by atoms with Crippen molar-refractivity contribution in [1.29, 1.82) is 0 Å². The van der Waals surface area contributed by atoms with Crippen LogP contribution in [0.25, 0.3) is 22.2 Å². The Balaban J connectivity index is 1.65. The van der Waals surface area contributed by atoms with E-state index in [9.17, 15) is 9.59 Å². The molecule has 2 heterocycles. The van der Waals surface area contributed by atoms with Gasteiger partial charge in [0, 0.05) is 29.0 Å². The molecule has 170 valence electrons. The quantitative estimate of drug-likeness (QED) is 0.243. The van der Waals surface area contributed by atoms with Crippen molar-refractivity contribution in [3.05, 3.63) is 75.7 Å². The second-order valence-corrected chi connectivity index (χ2v) is 9.10. The molecule has 0 fully saturated rings. The molecule has 2 aromatic heterocycles. The normalized spacial score (nSPS) is 11.1. The zero-order chi connectivity index (χ0) is 23.4. The number of unbranched alkanes of at least 4 members (excludes halogenated alkanes) is 1. The number of nitrogens with zero attached hydrogens (tertiary/aromatic N) is 2. The summed E-state index contributed by atoms with van der Waals surface area (Å²) in [5.74, 6) is -0.0553. The fourth-order valence-corrected chi connectivity index (χ4v) is 4.59. The average molecular weight is 481 g/mol. The first-order valence-electron chi connectivity index (χ1n) is 10.8. The molecule has 2 aromatic carbocycles. The number of rotatable bonds is 8. The number of fused-ring (bicyclic) bond motifs is 1. The molecule has 0 atom stereocenters. The van der Waals surface area contributed by atoms with Gasteiger partial charge < -0.3 is 10.3 Å². The monoisotopic (exact) mass is 480 g/mol. The summed E-state index contributed by atoms with van der Waals surface area (Å²) in [4.78, 5) is 33.9. The van der Waals surface area contributed by atoms with Crippen LogP contribution in [0.4, 0.5) is 5.69 Å². The van der Waals surface area contributed by atoms with Crippen LogP contribution in [0.5, 0.6) is 0 Å². The number of H-pyrrole nitrogens is 1. The molecule has 0 aliphatic carbocycles. The van der Waals surface area contributed by atoms with Gasteiger partial charge in [-0.05, 0) is 36.6 Å². The van der Waals surface area contributed by atoms with Crippen molar-refractivity contribution < 1.29 is 4.79 Å². The summed E-state index contributed by atoms with van der Waals surface area (Å²) in [5.41, 5.74) is 4.32. The number of aromatic nitrogens is 3. The number of thioether (sulfide) groups is 1. The number of hydrogen-bond acceptors (Lipinski definition) is 4. The maximum absolute atomic E-state index is 13.3. The smallest absolute Gasteiger partial charge is 0.278 e. The maximum Gasteiger partial charge on any atom is 0.278 e. The first kappa shape index (κ1) is 23.1. The first-order chi connectivity index (χ1) is 16.0. The molecule has 1 amide bonds. The molecule has 0 spiro atoms. The Morgan fingerprint density at radius 3 is 2.73 bits per heavy atom. The van der Waals surface area contributed by atoms with E-state index in [1.54, 1.807) is 16.7 Å². The third kappa shape index (κ3) is 4.99. The summed E-state index contributed by atoms with van der Waals surface area (Å²) in [6.45, 7) is 4.49. The molecule has 0 saturated heterocycles. The minimum Gasteiger partial charge on any atom is -0.355 e. The van der Waals surface area contributed by atoms with Gasteiger partial charge in [0.25, 0.3) is 5.56 Å². The van der Waals surface area contributed by atoms with Crippen LogP contribution in [0, 0.1) is 6.92 Å². The van der Waals surface area contributed by atoms with Gasteiger partial charge in [-0.3, -0.25) is 14.2 Å². The Bertz CT molecular complexity index is 1350. The van der Waals surface area contributed by atoms with Gasteiger partial charge in [-0.15, -0.1) is 0 Å². The number of anilines is 1. The van der Waals surface area contributed by atoms with Crippen LogP contribution in [0.3, 0.4) is 0 Å². The fraction of sp³-hybridized carbons (Fsp3) is 0.240. The molecule has 0 aliphatic heterocycles. The zero-order valence-electron chi connectivity index (χ0n) is 18.5. The minimum absolute atomic E-state index is 0.121. The van der Waals surface area contributed by atoms with Gasteiger partial charge in [-0.2, -0.15) is 0 Å². The van der Waals surface area contributed by atoms with E-state index in [0.29, 0.717) is 33.4 Å². The van der Waals surface area contributed by atoms with E-state index >= 15 is 0 Å². The van der Waals surface area contributed by atoms with Gasteiger partial charge >= 0.3 is 0 Å². The predicted molar refractivity (Wildman–Crippen MR) is 136 cm³/mol. The van der Waals surface area contributed by atoms with Crippen LogP contribution in [-0.2, 0) is 11.3 Å². The van der Waals surface area contributed by atoms with Gasteiger partial charge in [-0.25, -0.2) is 4.98 Å². The van der Waals surface area contributed by atoms with Gasteiger partial charge in [-0.1, -0.05) is 73.1 Å². The van der Waals surface area contributed by atoms with Crippen molar-refractivity contribution in [2.45, 2.75) is 38.4 Å². The molecule has 0 bridgehead atoms. The summed E-state index contributed by atoms with van der Waals surface area (Å²) < 4.78 is 1.67. The van der Waals surface area contributed by atoms with Crippen molar-refractivity contribution in [3.8, 4) is 11.1 Å². The molecule has 0 unspecified atom stereocenters. The topological polar surface area (TPSA) is 79.8 Å². The highest BCUT2D eigenvalue weighted by molar-refractivity contribution is 7.99. The van der Waals surface area contributed by atoms with E-state index in [1.165, 1.54) is 11.8 Å². The Morgan fingerprint density at radius 2 is 1.97 bits per heavy atom. The molecule has 4 rings (SSSR count). The van der Waals surface area contributed by atoms with E-state index in [2.05, 4.69) is 17.2 Å². The maximum atomic E-state index is 13.3. The number of hydrogen-bond donors (Lipinski definition) is 2. The molecule has 0 saturated carbocycles. The van der Waals surface area contributed by atoms with Crippen LogP contribution < -0.4 is 10.9 Å². The molecule has 33 heavy (non-hydrogen) atoms. The van der Waals surface area contributed by atoms with Gasteiger partial charge in [0.1, 0.15) is 11.0 Å². The van der Waals surface area contributed by atoms with E-state index in [-0.39, 0.29) is 17.2 Å². The average Bonchev–Trinajstić information content (AvgIpc) is 3.25. The largest absolute Gasteiger partial charge is 0.355 e. The summed E-state index contributed by atoms with van der Waals surface area (Å²) in [6.07, 6.45) is 3.62. The standard InChI is InChI=1S/C25H25ClN4O2S/c1-3-4-13-30-24(32)23-22(18(14-27-23)17-9-6-5-7-10-17)29-25(30)33-15-21(31)28-20-12-8-11-19(26)16(20)2/h5-12,14,27H,3-4,13,15H2,1-2H3,(H,28,31). The van der Waals surface area contributed by atoms with Gasteiger partial charge in [0.05, 0.1) is 5.75 Å². The highest BCUT2D eigenvalue weighted by Gasteiger charge is 2.18. The highest BCUT2D eigenvalue weighted by atomic mass is 35.5. The number of amides is 1. The molecule has 4 aromatic rings. The second kappa shape index (κ2) is 10.3. The lowest BCUT2D eigenvalue weighted by atomic mass is 10.1. The van der Waals surface area contributed by atoms with Gasteiger partial charge in [0.15, 0.2) is 5.16 Å². The number of halogens is 1. The van der Waals surface area contributed by atoms with E-state index in [4.69, 9.17) is 16.6 Å². The minimum atomic E-state index is -0.181. The Labute approximate surface area is 201 Å². The van der Waals surface area contributed by atoms with Crippen molar-refractivity contribution in [3.63, 3.8) is 0 Å². The summed E-state index contributed by atoms with van der Waals surface area (Å²) in [7, 11) is 0. The first-order valence-corrected chi connectivity index (χ1v) is 12.2. The third-order valence-electron chi connectivity index (χ3n) is 5.44. The number of benzene rings is 2. The number of aromatic amines is 1. The lowest BCUT2D eigenvalue weighted by Crippen LogP contribution is -2.24. The number of carbonyl (C=O) groups excluding carboxylic acids is 1. The summed E-state index contributed by atoms with van der Waals surface area (Å²) in [6, 6.07) is 15.2. The van der Waals surface area contributed by atoms with Crippen LogP contribution >= 0.6 is 23.4 Å². The molecular weight excluding hydrogens is 456 g/mol. The summed E-state index contributed by atoms with van der Waals surface area (Å²) >= 11 is 7.42. The second-order valence-electron chi connectivity index (χ2n) is 7.75. The van der Waals surface area contributed by atoms with Crippen molar-refractivity contribution in [2.75, 3.05) is 11.1 Å². The predicted octanol–water partition coefficient (Wildman–Crippen LogP) is 5.88. The van der Waals surface area contributed by atoms with Gasteiger partial charge in [0.2, 0.25) is 5.91 Å². The van der Waals surface area contributed by atoms with Crippen LogP contribution in [0.1, 0.15) is 25.3 Å². The highest BCUT2D eigenvalue weighted by Crippen LogP contribution is 2.28. The van der Waals surface area contributed by atoms with E-state index < -0.39 is 0 Å². The van der Waals surface area contributed by atoms with Crippen LogP contribution in [-0.4, -0.2) is 26.2 Å². The Hall–Kier alpha value is -3.03. The van der Waals surface area contributed by atoms with Crippen LogP contribution in [0.2, 0.25) is 5.02 Å². The zero-order valence-corrected chi connectivity index (χ0v) is 20.1. The van der Waals surface area contributed by atoms with Crippen LogP contribution in [0.15, 0.2) is 64.7 Å². The molecular formula is C25H25ClN4O2S. The lowest BCUT2D eigenvalue weighted by molar-refractivity contribution is -0.113. The van der Waals surface area contributed by atoms with Crippen molar-refractivity contribution >= 4 is 46.0 Å². The van der Waals surface area contributed by atoms with E-state index in [1.807, 2.05) is 49.5 Å². The van der Waals surface area contributed by atoms with Crippen molar-refractivity contribution in [2.24, 2.45) is 0 Å². The lowest BCUT2D eigenvalue weighted by Gasteiger charge is -2.13. The summed E-state index contributed by atoms with van der Waals surface area (Å²) in [5, 5.41) is 4.04. The fourth-order valence-electron chi connectivity index (χ4n) is 3.59. The Morgan fingerprint density at radius 1 is 1.18 bits per heavy atom.